The van der Waals surface area contributed by atoms with E-state index in [9.17, 15) is 0 Å². The maximum atomic E-state index is 8.96. The van der Waals surface area contributed by atoms with Gasteiger partial charge in [-0.1, -0.05) is 6.92 Å². The number of nitrogens with two attached hydrogens (primary N) is 1. The van der Waals surface area contributed by atoms with Crippen LogP contribution in [0.15, 0.2) is 0 Å². The van der Waals surface area contributed by atoms with Gasteiger partial charge < -0.3 is 10.3 Å². The van der Waals surface area contributed by atoms with Crippen LogP contribution < -0.4 is 5.73 Å². The van der Waals surface area contributed by atoms with Crippen LogP contribution >= 0.6 is 0 Å². The van der Waals surface area contributed by atoms with Gasteiger partial charge in [0.15, 0.2) is 0 Å². The number of rotatable bonds is 1. The van der Waals surface area contributed by atoms with Crippen molar-refractivity contribution >= 4 is 5.82 Å². The second kappa shape index (κ2) is 2.78. The summed E-state index contributed by atoms with van der Waals surface area (Å²) in [5, 5.41) is 8.96. The summed E-state index contributed by atoms with van der Waals surface area (Å²) in [5.74, 6) is 1.35. The van der Waals surface area contributed by atoms with Gasteiger partial charge >= 0.3 is 0 Å². The van der Waals surface area contributed by atoms with Crippen LogP contribution in [0.3, 0.4) is 0 Å². The molecule has 0 bridgehead atoms. The first-order chi connectivity index (χ1) is 6.57. The third-order valence-corrected chi connectivity index (χ3v) is 3.31. The Balaban J connectivity index is 2.56. The number of hydrogen-bond donors (Lipinski definition) is 1. The zero-order chi connectivity index (χ0) is 10.5. The van der Waals surface area contributed by atoms with Crippen LogP contribution in [0.5, 0.6) is 0 Å². The van der Waals surface area contributed by atoms with Gasteiger partial charge in [-0.25, -0.2) is 0 Å². The monoisotopic (exact) mass is 189 g/mol. The lowest BCUT2D eigenvalue weighted by atomic mass is 10.2. The highest BCUT2D eigenvalue weighted by molar-refractivity contribution is 5.58. The second-order valence-electron chi connectivity index (χ2n) is 4.23. The van der Waals surface area contributed by atoms with Crippen LogP contribution in [0.25, 0.3) is 0 Å². The molecule has 2 rings (SSSR count). The summed E-state index contributed by atoms with van der Waals surface area (Å²) in [6.45, 7) is 6.22. The van der Waals surface area contributed by atoms with E-state index in [2.05, 4.69) is 17.6 Å². The number of nitriles is 1. The zero-order valence-electron chi connectivity index (χ0n) is 8.83. The minimum atomic E-state index is 0.524. The Morgan fingerprint density at radius 3 is 2.43 bits per heavy atom. The second-order valence-corrected chi connectivity index (χ2v) is 4.23. The summed E-state index contributed by atoms with van der Waals surface area (Å²) in [7, 11) is 0. The molecular formula is C11H15N3. The van der Waals surface area contributed by atoms with E-state index in [-0.39, 0.29) is 0 Å². The molecular weight excluding hydrogens is 174 g/mol. The van der Waals surface area contributed by atoms with Crippen LogP contribution in [-0.4, -0.2) is 4.57 Å². The Labute approximate surface area is 84.1 Å². The molecule has 2 N–H and O–H groups in total. The molecule has 0 aliphatic heterocycles. The Hall–Kier alpha value is -1.43. The lowest BCUT2D eigenvalue weighted by Gasteiger charge is -2.07. The first kappa shape index (κ1) is 9.14. The van der Waals surface area contributed by atoms with Crippen molar-refractivity contribution < 1.29 is 0 Å². The molecule has 1 heterocycles. The first-order valence-corrected chi connectivity index (χ1v) is 4.94. The number of aromatic nitrogens is 1. The molecule has 74 valence electrons. The van der Waals surface area contributed by atoms with E-state index in [1.165, 1.54) is 6.42 Å². The largest absolute Gasteiger partial charge is 0.384 e. The van der Waals surface area contributed by atoms with Gasteiger partial charge in [0.1, 0.15) is 11.9 Å². The highest BCUT2D eigenvalue weighted by Gasteiger charge is 2.37. The van der Waals surface area contributed by atoms with Gasteiger partial charge in [-0.3, -0.25) is 0 Å². The third-order valence-electron chi connectivity index (χ3n) is 3.31. The number of nitrogen functional groups attached to an aromatic ring is 1. The van der Waals surface area contributed by atoms with E-state index in [0.717, 1.165) is 11.3 Å². The zero-order valence-corrected chi connectivity index (χ0v) is 8.83. The Morgan fingerprint density at radius 1 is 1.50 bits per heavy atom. The topological polar surface area (TPSA) is 54.7 Å². The molecule has 0 amide bonds. The molecule has 1 aliphatic rings. The molecule has 1 aliphatic carbocycles. The minimum absolute atomic E-state index is 0.524. The van der Waals surface area contributed by atoms with Crippen LogP contribution in [0.2, 0.25) is 0 Å². The molecule has 1 aromatic rings. The van der Waals surface area contributed by atoms with Gasteiger partial charge in [-0.2, -0.15) is 5.26 Å². The average Bonchev–Trinajstić information content (AvgIpc) is 2.78. The lowest BCUT2D eigenvalue weighted by Crippen LogP contribution is -2.03. The Morgan fingerprint density at radius 2 is 2.07 bits per heavy atom. The van der Waals surface area contributed by atoms with Gasteiger partial charge in [0.25, 0.3) is 0 Å². The van der Waals surface area contributed by atoms with Crippen molar-refractivity contribution in [3.05, 3.63) is 16.8 Å². The predicted molar refractivity (Wildman–Crippen MR) is 55.9 cm³/mol. The summed E-state index contributed by atoms with van der Waals surface area (Å²) in [6, 6.07) is 2.70. The molecule has 0 spiro atoms. The smallest absolute Gasteiger partial charge is 0.122 e. The van der Waals surface area contributed by atoms with E-state index in [1.807, 2.05) is 13.8 Å². The van der Waals surface area contributed by atoms with Gasteiger partial charge in [-0.05, 0) is 31.7 Å². The van der Waals surface area contributed by atoms with Crippen LogP contribution in [0.1, 0.15) is 36.2 Å². The van der Waals surface area contributed by atoms with Gasteiger partial charge in [-0.15, -0.1) is 0 Å². The summed E-state index contributed by atoms with van der Waals surface area (Å²) in [5.41, 5.74) is 8.79. The maximum absolute atomic E-state index is 8.96. The molecule has 2 unspecified atom stereocenters. The number of anilines is 1. The molecule has 3 heteroatoms. The third kappa shape index (κ3) is 1.04. The maximum Gasteiger partial charge on any atom is 0.122 e. The highest BCUT2D eigenvalue weighted by atomic mass is 15.1. The van der Waals surface area contributed by atoms with Crippen molar-refractivity contribution in [1.29, 1.82) is 5.26 Å². The molecule has 0 radical (unpaired) electrons. The van der Waals surface area contributed by atoms with Gasteiger partial charge in [0.2, 0.25) is 0 Å². The Kier molecular flexibility index (Phi) is 1.81. The normalized spacial score (nSPS) is 24.7. The molecule has 1 aromatic heterocycles. The molecule has 2 atom stereocenters. The SMILES string of the molecule is Cc1c(C#N)c(N)n(C2CC2C)c1C. The Bertz CT molecular complexity index is 423. The molecule has 0 aromatic carbocycles. The summed E-state index contributed by atoms with van der Waals surface area (Å²) >= 11 is 0. The van der Waals surface area contributed by atoms with Crippen molar-refractivity contribution in [2.24, 2.45) is 5.92 Å². The standard InChI is InChI=1S/C11H15N3/c1-6-4-10(6)14-8(3)7(2)9(5-12)11(14)13/h6,10H,4,13H2,1-3H3. The summed E-state index contributed by atoms with van der Waals surface area (Å²) < 4.78 is 2.12. The fraction of sp³-hybridized carbons (Fsp3) is 0.545. The first-order valence-electron chi connectivity index (χ1n) is 4.94. The molecule has 1 fully saturated rings. The quantitative estimate of drug-likeness (QED) is 0.735. The van der Waals surface area contributed by atoms with Gasteiger partial charge in [0, 0.05) is 11.7 Å². The van der Waals surface area contributed by atoms with Gasteiger partial charge in [0.05, 0.1) is 5.56 Å². The average molecular weight is 189 g/mol. The van der Waals surface area contributed by atoms with Crippen molar-refractivity contribution in [2.75, 3.05) is 5.73 Å². The van der Waals surface area contributed by atoms with Crippen molar-refractivity contribution in [2.45, 2.75) is 33.2 Å². The van der Waals surface area contributed by atoms with Crippen LogP contribution in [0, 0.1) is 31.1 Å². The molecule has 14 heavy (non-hydrogen) atoms. The van der Waals surface area contributed by atoms with Crippen molar-refractivity contribution in [1.82, 2.24) is 4.57 Å². The highest BCUT2D eigenvalue weighted by Crippen LogP contribution is 2.46. The van der Waals surface area contributed by atoms with Crippen molar-refractivity contribution in [3.63, 3.8) is 0 Å². The summed E-state index contributed by atoms with van der Waals surface area (Å²) in [4.78, 5) is 0. The van der Waals surface area contributed by atoms with Crippen LogP contribution in [0.4, 0.5) is 5.82 Å². The molecule has 1 saturated carbocycles. The number of hydrogen-bond acceptors (Lipinski definition) is 2. The van der Waals surface area contributed by atoms with Crippen LogP contribution in [-0.2, 0) is 0 Å². The number of nitrogens with zero attached hydrogens (tertiary/aromatic N) is 2. The van der Waals surface area contributed by atoms with E-state index in [1.54, 1.807) is 0 Å². The van der Waals surface area contributed by atoms with E-state index >= 15 is 0 Å². The van der Waals surface area contributed by atoms with E-state index in [4.69, 9.17) is 11.0 Å². The molecule has 3 nitrogen and oxygen atoms in total. The predicted octanol–water partition coefficient (Wildman–Crippen LogP) is 2.14. The lowest BCUT2D eigenvalue weighted by molar-refractivity contribution is 0.678. The fourth-order valence-electron chi connectivity index (χ4n) is 2.09. The minimum Gasteiger partial charge on any atom is -0.384 e. The fourth-order valence-corrected chi connectivity index (χ4v) is 2.09. The van der Waals surface area contributed by atoms with Crippen molar-refractivity contribution in [3.8, 4) is 6.07 Å². The molecule has 0 saturated heterocycles. The summed E-state index contributed by atoms with van der Waals surface area (Å²) in [6.07, 6.45) is 1.18. The van der Waals surface area contributed by atoms with E-state index in [0.29, 0.717) is 23.3 Å². The van der Waals surface area contributed by atoms with E-state index < -0.39 is 0 Å².